The Morgan fingerprint density at radius 1 is 0.952 bits per heavy atom. The molecule has 0 amide bonds. The van der Waals surface area contributed by atoms with E-state index >= 15 is 0 Å². The van der Waals surface area contributed by atoms with Gasteiger partial charge in [0.25, 0.3) is 0 Å². The van der Waals surface area contributed by atoms with Crippen molar-refractivity contribution in [2.75, 3.05) is 20.3 Å². The smallest absolute Gasteiger partial charge is 0.306 e. The van der Waals surface area contributed by atoms with Crippen LogP contribution >= 0.6 is 0 Å². The molecule has 0 aromatic carbocycles. The molecule has 7 nitrogen and oxygen atoms in total. The minimum atomic E-state index is -0.244. The molecule has 4 heterocycles. The lowest BCUT2D eigenvalue weighted by molar-refractivity contribution is -0.146. The summed E-state index contributed by atoms with van der Waals surface area (Å²) in [5.74, 6) is 0.246. The first-order chi connectivity index (χ1) is 10.1. The number of ether oxygens (including phenoxy) is 5. The first-order valence-corrected chi connectivity index (χ1v) is 7.23. The Bertz CT molecular complexity index is 424. The number of fused-ring (bicyclic) bond motifs is 2. The Morgan fingerprint density at radius 3 is 2.14 bits per heavy atom. The predicted octanol–water partition coefficient (Wildman–Crippen LogP) is 0.258. The molecule has 4 saturated heterocycles. The molecule has 0 aromatic rings. The van der Waals surface area contributed by atoms with Crippen LogP contribution in [0.2, 0.25) is 0 Å². The molecule has 7 heteroatoms. The number of carbonyl (C=O) groups excluding carboxylic acids is 2. The molecular weight excluding hydrogens is 280 g/mol. The monoisotopic (exact) mass is 300 g/mol. The summed E-state index contributed by atoms with van der Waals surface area (Å²) in [6, 6.07) is 0. The first kappa shape index (κ1) is 14.7. The van der Waals surface area contributed by atoms with E-state index in [1.54, 1.807) is 7.11 Å². The van der Waals surface area contributed by atoms with Gasteiger partial charge in [-0.25, -0.2) is 0 Å². The number of carbonyl (C=O) groups is 2. The molecule has 6 atom stereocenters. The van der Waals surface area contributed by atoms with E-state index < -0.39 is 0 Å². The average molecular weight is 300 g/mol. The second-order valence-electron chi connectivity index (χ2n) is 5.77. The fourth-order valence-corrected chi connectivity index (χ4v) is 3.24. The van der Waals surface area contributed by atoms with Crippen LogP contribution in [-0.2, 0) is 33.3 Å². The van der Waals surface area contributed by atoms with Crippen molar-refractivity contribution in [2.24, 2.45) is 11.8 Å². The number of hydrogen-bond acceptors (Lipinski definition) is 7. The first-order valence-electron chi connectivity index (χ1n) is 7.23. The molecule has 4 aliphatic rings. The normalized spacial score (nSPS) is 43.7. The standard InChI is InChI=1S/C7H10O4.C7H10O3/c1-9-7-4-2-6(8)11-5(4)3-10-7;1-4-5-2-7(8)10-6(5)3-9-4/h4-5,7H,2-3H2,1H3;4-6H,2-3H2,1H3/t4-,5-,7+;4-,5-,6+/m01/s1. The zero-order chi connectivity index (χ0) is 15.0. The lowest BCUT2D eigenvalue weighted by Crippen LogP contribution is -2.20. The zero-order valence-electron chi connectivity index (χ0n) is 12.2. The number of esters is 2. The van der Waals surface area contributed by atoms with Crippen LogP contribution in [0.3, 0.4) is 0 Å². The second-order valence-corrected chi connectivity index (χ2v) is 5.77. The Kier molecular flexibility index (Phi) is 4.14. The van der Waals surface area contributed by atoms with Crippen molar-refractivity contribution in [3.8, 4) is 0 Å². The quantitative estimate of drug-likeness (QED) is 0.642. The van der Waals surface area contributed by atoms with Gasteiger partial charge in [-0.2, -0.15) is 0 Å². The number of rotatable bonds is 1. The van der Waals surface area contributed by atoms with Crippen molar-refractivity contribution in [3.05, 3.63) is 0 Å². The summed E-state index contributed by atoms with van der Waals surface area (Å²) in [5, 5.41) is 0. The van der Waals surface area contributed by atoms with Crippen molar-refractivity contribution in [1.82, 2.24) is 0 Å². The van der Waals surface area contributed by atoms with Gasteiger partial charge < -0.3 is 23.7 Å². The van der Waals surface area contributed by atoms with Gasteiger partial charge in [0.05, 0.1) is 38.1 Å². The van der Waals surface area contributed by atoms with Gasteiger partial charge in [-0.3, -0.25) is 9.59 Å². The molecule has 0 N–H and O–H groups in total. The second kappa shape index (κ2) is 5.90. The minimum Gasteiger partial charge on any atom is -0.459 e. The van der Waals surface area contributed by atoms with Crippen molar-refractivity contribution < 1.29 is 33.3 Å². The molecule has 0 unspecified atom stereocenters. The molecule has 21 heavy (non-hydrogen) atoms. The molecule has 0 radical (unpaired) electrons. The maximum atomic E-state index is 10.8. The van der Waals surface area contributed by atoms with Crippen LogP contribution in [0.25, 0.3) is 0 Å². The highest BCUT2D eigenvalue weighted by atomic mass is 16.7. The number of hydrogen-bond donors (Lipinski definition) is 0. The Hall–Kier alpha value is -1.18. The molecule has 4 fully saturated rings. The van der Waals surface area contributed by atoms with Gasteiger partial charge in [0.1, 0.15) is 12.2 Å². The summed E-state index contributed by atoms with van der Waals surface area (Å²) >= 11 is 0. The van der Waals surface area contributed by atoms with Crippen LogP contribution < -0.4 is 0 Å². The van der Waals surface area contributed by atoms with Gasteiger partial charge in [-0.1, -0.05) is 0 Å². The fraction of sp³-hybridized carbons (Fsp3) is 0.857. The van der Waals surface area contributed by atoms with E-state index in [1.165, 1.54) is 0 Å². The Morgan fingerprint density at radius 2 is 1.52 bits per heavy atom. The van der Waals surface area contributed by atoms with Gasteiger partial charge in [0, 0.05) is 13.0 Å². The lowest BCUT2D eigenvalue weighted by Gasteiger charge is -2.11. The maximum Gasteiger partial charge on any atom is 0.306 e. The van der Waals surface area contributed by atoms with Gasteiger partial charge in [-0.05, 0) is 6.92 Å². The largest absolute Gasteiger partial charge is 0.459 e. The van der Waals surface area contributed by atoms with Crippen LogP contribution in [0.15, 0.2) is 0 Å². The molecule has 0 aromatic heterocycles. The van der Waals surface area contributed by atoms with Crippen LogP contribution in [0.1, 0.15) is 19.8 Å². The van der Waals surface area contributed by atoms with Gasteiger partial charge in [0.2, 0.25) is 0 Å². The lowest BCUT2D eigenvalue weighted by atomic mass is 9.99. The zero-order valence-corrected chi connectivity index (χ0v) is 12.2. The molecule has 4 rings (SSSR count). The fourth-order valence-electron chi connectivity index (χ4n) is 3.24. The highest BCUT2D eigenvalue weighted by molar-refractivity contribution is 5.72. The summed E-state index contributed by atoms with van der Waals surface area (Å²) in [5.41, 5.74) is 0. The van der Waals surface area contributed by atoms with Gasteiger partial charge >= 0.3 is 11.9 Å². The van der Waals surface area contributed by atoms with Crippen molar-refractivity contribution in [1.29, 1.82) is 0 Å². The number of methoxy groups -OCH3 is 1. The summed E-state index contributed by atoms with van der Waals surface area (Å²) in [6.45, 7) is 3.07. The van der Waals surface area contributed by atoms with Crippen LogP contribution in [0, 0.1) is 11.8 Å². The molecule has 118 valence electrons. The van der Waals surface area contributed by atoms with E-state index in [1.807, 2.05) is 6.92 Å². The maximum absolute atomic E-state index is 10.8. The van der Waals surface area contributed by atoms with Crippen LogP contribution in [0.4, 0.5) is 0 Å². The van der Waals surface area contributed by atoms with E-state index in [0.717, 1.165) is 0 Å². The summed E-state index contributed by atoms with van der Waals surface area (Å²) in [7, 11) is 1.58. The molecule has 4 aliphatic heterocycles. The van der Waals surface area contributed by atoms with E-state index in [0.29, 0.717) is 32.0 Å². The molecular formula is C14H20O7. The van der Waals surface area contributed by atoms with Crippen molar-refractivity contribution >= 4 is 11.9 Å². The third-order valence-electron chi connectivity index (χ3n) is 4.46. The van der Waals surface area contributed by atoms with E-state index in [9.17, 15) is 9.59 Å². The topological polar surface area (TPSA) is 80.3 Å². The van der Waals surface area contributed by atoms with Crippen molar-refractivity contribution in [2.45, 2.75) is 44.4 Å². The predicted molar refractivity (Wildman–Crippen MR) is 68.1 cm³/mol. The van der Waals surface area contributed by atoms with E-state index in [2.05, 4.69) is 0 Å². The Labute approximate surface area is 122 Å². The van der Waals surface area contributed by atoms with Gasteiger partial charge in [0.15, 0.2) is 6.29 Å². The SMILES string of the molecule is CO[C@@H]1OC[C@@H]2OC(=O)C[C@H]12.C[C@H]1OC[C@@H]2OC(=O)C[C@@H]21. The van der Waals surface area contributed by atoms with Crippen LogP contribution in [0.5, 0.6) is 0 Å². The molecule has 0 saturated carbocycles. The molecule has 0 bridgehead atoms. The highest BCUT2D eigenvalue weighted by Gasteiger charge is 2.46. The molecule has 0 spiro atoms. The van der Waals surface area contributed by atoms with E-state index in [-0.39, 0.29) is 42.5 Å². The van der Waals surface area contributed by atoms with Crippen molar-refractivity contribution in [3.63, 3.8) is 0 Å². The Balaban J connectivity index is 0.000000126. The minimum absolute atomic E-state index is 0.0579. The summed E-state index contributed by atoms with van der Waals surface area (Å²) in [4.78, 5) is 21.5. The third kappa shape index (κ3) is 2.90. The highest BCUT2D eigenvalue weighted by Crippen LogP contribution is 2.33. The summed E-state index contributed by atoms with van der Waals surface area (Å²) in [6.07, 6.45) is 0.937. The third-order valence-corrected chi connectivity index (χ3v) is 4.46. The average Bonchev–Trinajstić information content (AvgIpc) is 3.14. The van der Waals surface area contributed by atoms with Crippen LogP contribution in [-0.4, -0.2) is 56.9 Å². The summed E-state index contributed by atoms with van der Waals surface area (Å²) < 4.78 is 25.5. The molecule has 0 aliphatic carbocycles. The van der Waals surface area contributed by atoms with Gasteiger partial charge in [-0.15, -0.1) is 0 Å². The van der Waals surface area contributed by atoms with E-state index in [4.69, 9.17) is 23.7 Å².